The molecule has 1 aromatic heterocycles. The zero-order valence-electron chi connectivity index (χ0n) is 19.7. The molecule has 0 atom stereocenters. The molecule has 0 saturated heterocycles. The second-order valence-corrected chi connectivity index (χ2v) is 8.87. The zero-order valence-corrected chi connectivity index (χ0v) is 19.7. The minimum atomic E-state index is -0.656. The summed E-state index contributed by atoms with van der Waals surface area (Å²) < 4.78 is 20.0. The number of pyridine rings is 1. The number of anilines is 1. The molecule has 0 aliphatic rings. The van der Waals surface area contributed by atoms with E-state index in [4.69, 9.17) is 10.5 Å². The van der Waals surface area contributed by atoms with Gasteiger partial charge in [-0.1, -0.05) is 30.3 Å². The Kier molecular flexibility index (Phi) is 7.50. The van der Waals surface area contributed by atoms with E-state index in [2.05, 4.69) is 15.6 Å². The van der Waals surface area contributed by atoms with E-state index in [1.165, 1.54) is 6.07 Å². The van der Waals surface area contributed by atoms with E-state index in [0.717, 1.165) is 22.3 Å². The van der Waals surface area contributed by atoms with Gasteiger partial charge in [0.15, 0.2) is 0 Å². The van der Waals surface area contributed by atoms with Crippen molar-refractivity contribution < 1.29 is 18.7 Å². The Morgan fingerprint density at radius 1 is 1.06 bits per heavy atom. The first kappa shape index (κ1) is 24.7. The lowest BCUT2D eigenvalue weighted by atomic mass is 9.89. The first-order chi connectivity index (χ1) is 16.0. The molecule has 3 amide bonds. The highest BCUT2D eigenvalue weighted by atomic mass is 19.1. The van der Waals surface area contributed by atoms with Crippen molar-refractivity contribution in [3.63, 3.8) is 0 Å². The molecule has 1 heterocycles. The average molecular weight is 465 g/mol. The van der Waals surface area contributed by atoms with Crippen LogP contribution in [0.3, 0.4) is 0 Å². The van der Waals surface area contributed by atoms with E-state index in [-0.39, 0.29) is 18.8 Å². The zero-order chi connectivity index (χ0) is 24.9. The van der Waals surface area contributed by atoms with E-state index in [0.29, 0.717) is 16.9 Å². The standard InChI is InChI=1S/C26H29FN4O3/c1-16-20(14-17-8-5-6-10-21(17)27)18(11-12-22(16)31-25(33)34-26(2,3)4)19-9-7-13-29-23(19)15-30-24(28)32/h5-13H,14-15H2,1-4H3,(H,31,33)(H3,28,30,32). The number of carbonyl (C=O) groups excluding carboxylic acids is 2. The van der Waals surface area contributed by atoms with Crippen molar-refractivity contribution in [2.24, 2.45) is 5.73 Å². The number of ether oxygens (including phenoxy) is 1. The first-order valence-corrected chi connectivity index (χ1v) is 10.9. The Bertz CT molecular complexity index is 1200. The maximum Gasteiger partial charge on any atom is 0.412 e. The van der Waals surface area contributed by atoms with Crippen molar-refractivity contribution in [2.75, 3.05) is 5.32 Å². The average Bonchev–Trinajstić information content (AvgIpc) is 2.75. The van der Waals surface area contributed by atoms with Crippen molar-refractivity contribution in [3.05, 3.63) is 82.9 Å². The maximum atomic E-state index is 14.6. The molecule has 178 valence electrons. The van der Waals surface area contributed by atoms with E-state index < -0.39 is 17.7 Å². The van der Waals surface area contributed by atoms with Gasteiger partial charge in [-0.3, -0.25) is 10.3 Å². The second-order valence-electron chi connectivity index (χ2n) is 8.87. The fourth-order valence-electron chi connectivity index (χ4n) is 3.61. The van der Waals surface area contributed by atoms with Gasteiger partial charge >= 0.3 is 12.1 Å². The van der Waals surface area contributed by atoms with E-state index in [1.807, 2.05) is 19.1 Å². The molecule has 0 saturated carbocycles. The van der Waals surface area contributed by atoms with Crippen LogP contribution in [-0.2, 0) is 17.7 Å². The third-order valence-electron chi connectivity index (χ3n) is 5.17. The number of carbonyl (C=O) groups is 2. The predicted molar refractivity (Wildman–Crippen MR) is 130 cm³/mol. The SMILES string of the molecule is Cc1c(NC(=O)OC(C)(C)C)ccc(-c2cccnc2CNC(N)=O)c1Cc1ccccc1F. The third-order valence-corrected chi connectivity index (χ3v) is 5.17. The van der Waals surface area contributed by atoms with Gasteiger partial charge in [0, 0.05) is 23.9 Å². The van der Waals surface area contributed by atoms with Crippen LogP contribution in [0.4, 0.5) is 19.7 Å². The lowest BCUT2D eigenvalue weighted by Gasteiger charge is -2.22. The molecule has 0 aliphatic carbocycles. The quantitative estimate of drug-likeness (QED) is 0.460. The van der Waals surface area contributed by atoms with Gasteiger partial charge in [-0.15, -0.1) is 0 Å². The second kappa shape index (κ2) is 10.3. The summed E-state index contributed by atoms with van der Waals surface area (Å²) >= 11 is 0. The first-order valence-electron chi connectivity index (χ1n) is 10.9. The summed E-state index contributed by atoms with van der Waals surface area (Å²) in [4.78, 5) is 28.1. The largest absolute Gasteiger partial charge is 0.444 e. The molecular formula is C26H29FN4O3. The Labute approximate surface area is 198 Å². The molecule has 0 aliphatic heterocycles. The number of primary amides is 1. The van der Waals surface area contributed by atoms with Crippen LogP contribution in [0.2, 0.25) is 0 Å². The van der Waals surface area contributed by atoms with Crippen molar-refractivity contribution >= 4 is 17.8 Å². The highest BCUT2D eigenvalue weighted by Gasteiger charge is 2.20. The van der Waals surface area contributed by atoms with E-state index in [1.54, 1.807) is 57.3 Å². The van der Waals surface area contributed by atoms with Gasteiger partial charge in [0.05, 0.1) is 12.2 Å². The third kappa shape index (κ3) is 6.31. The van der Waals surface area contributed by atoms with Crippen LogP contribution in [0, 0.1) is 12.7 Å². The smallest absolute Gasteiger partial charge is 0.412 e. The van der Waals surface area contributed by atoms with Crippen LogP contribution in [-0.4, -0.2) is 22.7 Å². The monoisotopic (exact) mass is 464 g/mol. The summed E-state index contributed by atoms with van der Waals surface area (Å²) in [5.74, 6) is -0.319. The fraction of sp³-hybridized carbons (Fsp3) is 0.269. The summed E-state index contributed by atoms with van der Waals surface area (Å²) in [5.41, 5.74) is 9.45. The Balaban J connectivity index is 2.10. The van der Waals surface area contributed by atoms with Gasteiger partial charge in [0.1, 0.15) is 11.4 Å². The summed E-state index contributed by atoms with van der Waals surface area (Å²) in [5, 5.41) is 5.36. The molecule has 0 unspecified atom stereocenters. The predicted octanol–water partition coefficient (Wildman–Crippen LogP) is 5.30. The van der Waals surface area contributed by atoms with E-state index >= 15 is 0 Å². The van der Waals surface area contributed by atoms with Gasteiger partial charge in [-0.05, 0) is 68.1 Å². The Morgan fingerprint density at radius 2 is 1.79 bits per heavy atom. The maximum absolute atomic E-state index is 14.6. The normalized spacial score (nSPS) is 11.1. The van der Waals surface area contributed by atoms with Crippen LogP contribution in [0.25, 0.3) is 11.1 Å². The number of hydrogen-bond donors (Lipinski definition) is 3. The van der Waals surface area contributed by atoms with Gasteiger partial charge in [-0.2, -0.15) is 0 Å². The lowest BCUT2D eigenvalue weighted by Crippen LogP contribution is -2.29. The molecule has 3 rings (SSSR count). The van der Waals surface area contributed by atoms with Crippen molar-refractivity contribution in [1.82, 2.24) is 10.3 Å². The lowest BCUT2D eigenvalue weighted by molar-refractivity contribution is 0.0635. The molecule has 34 heavy (non-hydrogen) atoms. The highest BCUT2D eigenvalue weighted by molar-refractivity contribution is 5.88. The molecule has 2 aromatic carbocycles. The summed E-state index contributed by atoms with van der Waals surface area (Å²) in [7, 11) is 0. The van der Waals surface area contributed by atoms with Crippen LogP contribution < -0.4 is 16.4 Å². The molecule has 3 aromatic rings. The molecule has 4 N–H and O–H groups in total. The molecule has 8 heteroatoms. The minimum absolute atomic E-state index is 0.140. The fourth-order valence-corrected chi connectivity index (χ4v) is 3.61. The highest BCUT2D eigenvalue weighted by Crippen LogP contribution is 2.34. The number of hydrogen-bond acceptors (Lipinski definition) is 4. The summed E-state index contributed by atoms with van der Waals surface area (Å²) in [6.07, 6.45) is 1.34. The van der Waals surface area contributed by atoms with Crippen molar-refractivity contribution in [2.45, 2.75) is 46.3 Å². The minimum Gasteiger partial charge on any atom is -0.444 e. The van der Waals surface area contributed by atoms with Gasteiger partial charge < -0.3 is 15.8 Å². The van der Waals surface area contributed by atoms with Crippen LogP contribution in [0.5, 0.6) is 0 Å². The molecule has 0 bridgehead atoms. The summed E-state index contributed by atoms with van der Waals surface area (Å²) in [6, 6.07) is 13.2. The topological polar surface area (TPSA) is 106 Å². The van der Waals surface area contributed by atoms with Gasteiger partial charge in [0.2, 0.25) is 0 Å². The molecular weight excluding hydrogens is 435 g/mol. The number of aromatic nitrogens is 1. The van der Waals surface area contributed by atoms with Crippen LogP contribution in [0.1, 0.15) is 43.2 Å². The van der Waals surface area contributed by atoms with E-state index in [9.17, 15) is 14.0 Å². The molecule has 0 fully saturated rings. The number of rotatable bonds is 6. The van der Waals surface area contributed by atoms with Crippen LogP contribution >= 0.6 is 0 Å². The molecule has 0 spiro atoms. The van der Waals surface area contributed by atoms with Crippen LogP contribution in [0.15, 0.2) is 54.7 Å². The van der Waals surface area contributed by atoms with Crippen molar-refractivity contribution in [1.29, 1.82) is 0 Å². The Morgan fingerprint density at radius 3 is 2.47 bits per heavy atom. The van der Waals surface area contributed by atoms with Crippen molar-refractivity contribution in [3.8, 4) is 11.1 Å². The molecule has 0 radical (unpaired) electrons. The molecule has 7 nitrogen and oxygen atoms in total. The summed E-state index contributed by atoms with van der Waals surface area (Å²) in [6.45, 7) is 7.37. The Hall–Kier alpha value is -3.94. The van der Waals surface area contributed by atoms with Gasteiger partial charge in [0.25, 0.3) is 0 Å². The number of nitrogens with one attached hydrogen (secondary N) is 2. The number of nitrogens with two attached hydrogens (primary N) is 1. The number of urea groups is 1. The number of halogens is 1. The number of amides is 3. The van der Waals surface area contributed by atoms with Gasteiger partial charge in [-0.25, -0.2) is 14.0 Å². The number of benzene rings is 2. The number of nitrogens with zero attached hydrogens (tertiary/aromatic N) is 1.